The Labute approximate surface area is 136 Å². The molecular weight excluding hydrogens is 330 g/mol. The first-order valence-electron chi connectivity index (χ1n) is 7.26. The van der Waals surface area contributed by atoms with Gasteiger partial charge in [-0.05, 0) is 54.6 Å². The molecule has 1 amide bonds. The van der Waals surface area contributed by atoms with Crippen LogP contribution in [0.2, 0.25) is 0 Å². The van der Waals surface area contributed by atoms with Crippen molar-refractivity contribution in [2.24, 2.45) is 5.41 Å². The number of nitrogens with zero attached hydrogens (tertiary/aromatic N) is 1. The molecule has 0 spiro atoms. The summed E-state index contributed by atoms with van der Waals surface area (Å²) in [5, 5.41) is 6.24. The van der Waals surface area contributed by atoms with Gasteiger partial charge in [-0.25, -0.2) is 4.98 Å². The minimum absolute atomic E-state index is 0.103. The molecule has 2 N–H and O–H groups in total. The van der Waals surface area contributed by atoms with Gasteiger partial charge in [0.2, 0.25) is 0 Å². The van der Waals surface area contributed by atoms with Gasteiger partial charge in [-0.3, -0.25) is 4.79 Å². The van der Waals surface area contributed by atoms with Gasteiger partial charge in [0.25, 0.3) is 5.91 Å². The van der Waals surface area contributed by atoms with Crippen molar-refractivity contribution >= 4 is 27.7 Å². The van der Waals surface area contributed by atoms with Gasteiger partial charge in [-0.2, -0.15) is 0 Å². The van der Waals surface area contributed by atoms with Gasteiger partial charge >= 0.3 is 0 Å². The van der Waals surface area contributed by atoms with Crippen LogP contribution in [0.3, 0.4) is 0 Å². The van der Waals surface area contributed by atoms with Gasteiger partial charge in [0, 0.05) is 22.8 Å². The summed E-state index contributed by atoms with van der Waals surface area (Å²) in [6, 6.07) is 1.80. The highest BCUT2D eigenvalue weighted by atomic mass is 79.9. The number of hydrogen-bond donors (Lipinski definition) is 2. The molecule has 0 saturated heterocycles. The highest BCUT2D eigenvalue weighted by Crippen LogP contribution is 2.27. The maximum Gasteiger partial charge on any atom is 0.255 e. The lowest BCUT2D eigenvalue weighted by atomic mass is 9.81. The van der Waals surface area contributed by atoms with Gasteiger partial charge in [-0.15, -0.1) is 0 Å². The molecule has 0 atom stereocenters. The average molecular weight is 356 g/mol. The number of aromatic nitrogens is 1. The van der Waals surface area contributed by atoms with E-state index in [1.807, 2.05) is 6.92 Å². The van der Waals surface area contributed by atoms with Crippen LogP contribution < -0.4 is 10.6 Å². The van der Waals surface area contributed by atoms with Crippen molar-refractivity contribution in [2.75, 3.05) is 11.9 Å². The van der Waals surface area contributed by atoms with Crippen LogP contribution in [0.1, 0.15) is 58.3 Å². The van der Waals surface area contributed by atoms with Crippen LogP contribution in [-0.2, 0) is 0 Å². The van der Waals surface area contributed by atoms with Crippen LogP contribution in [0.4, 0.5) is 5.82 Å². The Hall–Kier alpha value is -1.10. The second-order valence-corrected chi connectivity index (χ2v) is 8.07. The maximum atomic E-state index is 12.6. The molecule has 0 aliphatic carbocycles. The number of hydrogen-bond acceptors (Lipinski definition) is 3. The van der Waals surface area contributed by atoms with Crippen molar-refractivity contribution in [3.8, 4) is 0 Å². The van der Waals surface area contributed by atoms with Crippen molar-refractivity contribution in [2.45, 2.75) is 53.5 Å². The number of rotatable bonds is 5. The number of carbonyl (C=O) groups excluding carboxylic acids is 1. The van der Waals surface area contributed by atoms with E-state index in [1.165, 1.54) is 0 Å². The van der Waals surface area contributed by atoms with Crippen LogP contribution >= 0.6 is 15.9 Å². The Morgan fingerprint density at radius 3 is 2.43 bits per heavy atom. The zero-order valence-electron chi connectivity index (χ0n) is 13.8. The lowest BCUT2D eigenvalue weighted by Gasteiger charge is -2.33. The van der Waals surface area contributed by atoms with Gasteiger partial charge in [0.15, 0.2) is 0 Å². The lowest BCUT2D eigenvalue weighted by molar-refractivity contribution is 0.0892. The largest absolute Gasteiger partial charge is 0.370 e. The third-order valence-corrected chi connectivity index (χ3v) is 3.30. The first-order chi connectivity index (χ1) is 9.54. The van der Waals surface area contributed by atoms with Crippen LogP contribution in [0.25, 0.3) is 0 Å². The molecule has 0 aliphatic rings. The van der Waals surface area contributed by atoms with Gasteiger partial charge in [0.1, 0.15) is 5.82 Å². The number of halogens is 1. The normalized spacial score (nSPS) is 12.1. The molecule has 5 heteroatoms. The topological polar surface area (TPSA) is 54.0 Å². The van der Waals surface area contributed by atoms with Crippen molar-refractivity contribution in [1.29, 1.82) is 0 Å². The van der Waals surface area contributed by atoms with E-state index in [4.69, 9.17) is 0 Å². The fourth-order valence-corrected chi connectivity index (χ4v) is 3.00. The summed E-state index contributed by atoms with van der Waals surface area (Å²) >= 11 is 3.37. The van der Waals surface area contributed by atoms with E-state index in [9.17, 15) is 4.79 Å². The summed E-state index contributed by atoms with van der Waals surface area (Å²) in [4.78, 5) is 16.9. The summed E-state index contributed by atoms with van der Waals surface area (Å²) in [6.07, 6.45) is 2.58. The van der Waals surface area contributed by atoms with E-state index in [0.717, 1.165) is 17.4 Å². The van der Waals surface area contributed by atoms with Crippen molar-refractivity contribution in [3.63, 3.8) is 0 Å². The Bertz CT molecular complexity index is 507. The Morgan fingerprint density at radius 1 is 1.29 bits per heavy atom. The quantitative estimate of drug-likeness (QED) is 0.831. The first-order valence-corrected chi connectivity index (χ1v) is 8.05. The fourth-order valence-electron chi connectivity index (χ4n) is 2.67. The van der Waals surface area contributed by atoms with E-state index in [2.05, 4.69) is 66.2 Å². The number of anilines is 1. The molecule has 0 bridgehead atoms. The molecule has 21 heavy (non-hydrogen) atoms. The molecule has 1 heterocycles. The van der Waals surface area contributed by atoms with Crippen molar-refractivity contribution in [3.05, 3.63) is 22.3 Å². The van der Waals surface area contributed by atoms with E-state index in [-0.39, 0.29) is 16.9 Å². The number of carbonyl (C=O) groups is 1. The first kappa shape index (κ1) is 18.0. The lowest BCUT2D eigenvalue weighted by Crippen LogP contribution is -2.46. The van der Waals surface area contributed by atoms with Gasteiger partial charge < -0.3 is 10.6 Å². The zero-order valence-corrected chi connectivity index (χ0v) is 15.4. The molecule has 4 nitrogen and oxygen atoms in total. The highest BCUT2D eigenvalue weighted by Gasteiger charge is 2.28. The van der Waals surface area contributed by atoms with Crippen molar-refractivity contribution in [1.82, 2.24) is 10.3 Å². The third-order valence-electron chi connectivity index (χ3n) is 2.87. The van der Waals surface area contributed by atoms with Gasteiger partial charge in [-0.1, -0.05) is 20.8 Å². The second kappa shape index (κ2) is 6.77. The van der Waals surface area contributed by atoms with E-state index < -0.39 is 0 Å². The zero-order chi connectivity index (χ0) is 16.3. The number of nitrogens with one attached hydrogen (secondary N) is 2. The molecular formula is C16H26BrN3O. The van der Waals surface area contributed by atoms with Crippen LogP contribution in [-0.4, -0.2) is 23.0 Å². The molecule has 1 aromatic rings. The molecule has 0 radical (unpaired) electrons. The third kappa shape index (κ3) is 6.04. The van der Waals surface area contributed by atoms with Gasteiger partial charge in [0.05, 0.1) is 5.56 Å². The molecule has 0 saturated carbocycles. The predicted molar refractivity (Wildman–Crippen MR) is 91.7 cm³/mol. The van der Waals surface area contributed by atoms with E-state index in [1.54, 1.807) is 12.3 Å². The smallest absolute Gasteiger partial charge is 0.255 e. The van der Waals surface area contributed by atoms with E-state index >= 15 is 0 Å². The molecule has 1 rings (SSSR count). The molecule has 0 aromatic carbocycles. The highest BCUT2D eigenvalue weighted by molar-refractivity contribution is 9.10. The summed E-state index contributed by atoms with van der Waals surface area (Å²) in [7, 11) is 0. The monoisotopic (exact) mass is 355 g/mol. The Morgan fingerprint density at radius 2 is 1.90 bits per heavy atom. The number of pyridine rings is 1. The molecule has 0 fully saturated rings. The summed E-state index contributed by atoms with van der Waals surface area (Å²) in [5.41, 5.74) is 0.436. The van der Waals surface area contributed by atoms with Crippen molar-refractivity contribution < 1.29 is 4.79 Å². The summed E-state index contributed by atoms with van der Waals surface area (Å²) in [6.45, 7) is 13.3. The van der Waals surface area contributed by atoms with Crippen LogP contribution in [0.15, 0.2) is 16.7 Å². The van der Waals surface area contributed by atoms with Crippen LogP contribution in [0, 0.1) is 5.41 Å². The minimum Gasteiger partial charge on any atom is -0.370 e. The standard InChI is InChI=1S/C16H26BrN3O/c1-7-18-13-12(8-11(17)9-19-13)14(21)20-16(5,6)10-15(2,3)4/h8-9H,7,10H2,1-6H3,(H,18,19)(H,20,21). The molecule has 1 aromatic heterocycles. The maximum absolute atomic E-state index is 12.6. The summed E-state index contributed by atoms with van der Waals surface area (Å²) < 4.78 is 0.794. The second-order valence-electron chi connectivity index (χ2n) is 7.16. The minimum atomic E-state index is -0.277. The number of amides is 1. The van der Waals surface area contributed by atoms with Crippen LogP contribution in [0.5, 0.6) is 0 Å². The molecule has 0 unspecified atom stereocenters. The molecule has 118 valence electrons. The SMILES string of the molecule is CCNc1ncc(Br)cc1C(=O)NC(C)(C)CC(C)(C)C. The predicted octanol–water partition coefficient (Wildman–Crippen LogP) is 4.22. The fraction of sp³-hybridized carbons (Fsp3) is 0.625. The van der Waals surface area contributed by atoms with E-state index in [0.29, 0.717) is 11.4 Å². The Balaban J connectivity index is 2.96. The average Bonchev–Trinajstić information content (AvgIpc) is 2.27. The molecule has 0 aliphatic heterocycles. The summed E-state index contributed by atoms with van der Waals surface area (Å²) in [5.74, 6) is 0.513. The Kier molecular flexibility index (Phi) is 5.79.